The SMILES string of the molecule is C[C@H]1CN(C(=O)Cc2ccon2)c2cc(Br)ccc2O1. The maximum absolute atomic E-state index is 12.5. The molecule has 0 spiro atoms. The van der Waals surface area contributed by atoms with E-state index in [-0.39, 0.29) is 18.4 Å². The zero-order valence-electron chi connectivity index (χ0n) is 10.9. The summed E-state index contributed by atoms with van der Waals surface area (Å²) in [6.45, 7) is 2.47. The number of rotatable bonds is 2. The van der Waals surface area contributed by atoms with E-state index < -0.39 is 0 Å². The van der Waals surface area contributed by atoms with Crippen LogP contribution >= 0.6 is 15.9 Å². The van der Waals surface area contributed by atoms with E-state index in [9.17, 15) is 4.79 Å². The van der Waals surface area contributed by atoms with E-state index in [0.29, 0.717) is 12.2 Å². The molecule has 2 heterocycles. The molecule has 1 amide bonds. The van der Waals surface area contributed by atoms with E-state index in [0.717, 1.165) is 15.9 Å². The Bertz CT molecular complexity index is 627. The van der Waals surface area contributed by atoms with E-state index in [2.05, 4.69) is 21.1 Å². The number of ether oxygens (including phenoxy) is 1. The van der Waals surface area contributed by atoms with Crippen molar-refractivity contribution in [3.05, 3.63) is 40.7 Å². The zero-order valence-corrected chi connectivity index (χ0v) is 12.5. The van der Waals surface area contributed by atoms with Gasteiger partial charge in [-0.05, 0) is 25.1 Å². The summed E-state index contributed by atoms with van der Waals surface area (Å²) in [5.41, 5.74) is 1.41. The lowest BCUT2D eigenvalue weighted by Gasteiger charge is -2.33. The Kier molecular flexibility index (Phi) is 3.48. The molecule has 20 heavy (non-hydrogen) atoms. The second-order valence-electron chi connectivity index (χ2n) is 4.71. The Morgan fingerprint density at radius 2 is 2.35 bits per heavy atom. The molecule has 5 nitrogen and oxygen atoms in total. The molecule has 0 N–H and O–H groups in total. The number of carbonyl (C=O) groups is 1. The van der Waals surface area contributed by atoms with Crippen LogP contribution in [0.1, 0.15) is 12.6 Å². The third-order valence-corrected chi connectivity index (χ3v) is 3.60. The first-order chi connectivity index (χ1) is 9.63. The van der Waals surface area contributed by atoms with Gasteiger partial charge < -0.3 is 14.2 Å². The van der Waals surface area contributed by atoms with E-state index in [1.54, 1.807) is 11.0 Å². The minimum absolute atomic E-state index is 0.0200. The minimum atomic E-state index is -0.0371. The van der Waals surface area contributed by atoms with Crippen molar-refractivity contribution in [2.24, 2.45) is 0 Å². The molecule has 1 aliphatic heterocycles. The summed E-state index contributed by atoms with van der Waals surface area (Å²) in [5.74, 6) is 0.703. The minimum Gasteiger partial charge on any atom is -0.487 e. The normalized spacial score (nSPS) is 17.5. The molecule has 1 atom stereocenters. The van der Waals surface area contributed by atoms with Crippen molar-refractivity contribution in [2.45, 2.75) is 19.4 Å². The Balaban J connectivity index is 1.89. The van der Waals surface area contributed by atoms with Crippen molar-refractivity contribution in [3.8, 4) is 5.75 Å². The molecule has 1 aliphatic rings. The molecular weight excluding hydrogens is 324 g/mol. The monoisotopic (exact) mass is 336 g/mol. The molecule has 1 aromatic heterocycles. The van der Waals surface area contributed by atoms with Gasteiger partial charge in [-0.15, -0.1) is 0 Å². The van der Waals surface area contributed by atoms with Gasteiger partial charge >= 0.3 is 0 Å². The quantitative estimate of drug-likeness (QED) is 0.846. The van der Waals surface area contributed by atoms with Crippen LogP contribution in [0.2, 0.25) is 0 Å². The Hall–Kier alpha value is -1.82. The van der Waals surface area contributed by atoms with Gasteiger partial charge in [0.25, 0.3) is 0 Å². The number of halogens is 1. The van der Waals surface area contributed by atoms with Crippen LogP contribution in [0.15, 0.2) is 39.5 Å². The van der Waals surface area contributed by atoms with Gasteiger partial charge in [0.15, 0.2) is 0 Å². The molecule has 0 unspecified atom stereocenters. The van der Waals surface area contributed by atoms with Crippen LogP contribution in [0, 0.1) is 0 Å². The molecular formula is C14H13BrN2O3. The number of fused-ring (bicyclic) bond motifs is 1. The van der Waals surface area contributed by atoms with E-state index in [4.69, 9.17) is 9.26 Å². The van der Waals surface area contributed by atoms with E-state index in [1.165, 1.54) is 6.26 Å². The summed E-state index contributed by atoms with van der Waals surface area (Å²) in [4.78, 5) is 14.2. The lowest BCUT2D eigenvalue weighted by atomic mass is 10.1. The lowest BCUT2D eigenvalue weighted by molar-refractivity contribution is -0.118. The molecule has 0 bridgehead atoms. The zero-order chi connectivity index (χ0) is 14.1. The summed E-state index contributed by atoms with van der Waals surface area (Å²) in [6.07, 6.45) is 1.65. The smallest absolute Gasteiger partial charge is 0.233 e. The largest absolute Gasteiger partial charge is 0.487 e. The van der Waals surface area contributed by atoms with E-state index >= 15 is 0 Å². The van der Waals surface area contributed by atoms with E-state index in [1.807, 2.05) is 25.1 Å². The van der Waals surface area contributed by atoms with Crippen LogP contribution in [-0.2, 0) is 11.2 Å². The number of hydrogen-bond donors (Lipinski definition) is 0. The first-order valence-electron chi connectivity index (χ1n) is 6.29. The van der Waals surface area contributed by atoms with Gasteiger partial charge in [-0.2, -0.15) is 0 Å². The standard InChI is InChI=1S/C14H13BrN2O3/c1-9-8-17(14(18)7-11-4-5-19-16-11)12-6-10(15)2-3-13(12)20-9/h2-6,9H,7-8H2,1H3/t9-/m0/s1. The molecule has 0 saturated heterocycles. The van der Waals surface area contributed by atoms with Crippen LogP contribution in [0.5, 0.6) is 5.75 Å². The number of benzene rings is 1. The molecule has 0 fully saturated rings. The highest BCUT2D eigenvalue weighted by molar-refractivity contribution is 9.10. The number of hydrogen-bond acceptors (Lipinski definition) is 4. The van der Waals surface area contributed by atoms with Gasteiger partial charge in [-0.1, -0.05) is 21.1 Å². The van der Waals surface area contributed by atoms with Gasteiger partial charge in [-0.3, -0.25) is 4.79 Å². The summed E-state index contributed by atoms with van der Waals surface area (Å²) >= 11 is 3.42. The van der Waals surface area contributed by atoms with Crippen LogP contribution in [0.3, 0.4) is 0 Å². The third kappa shape index (κ3) is 2.56. The average molecular weight is 337 g/mol. The van der Waals surface area contributed by atoms with Gasteiger partial charge in [-0.25, -0.2) is 0 Å². The van der Waals surface area contributed by atoms with Crippen LogP contribution < -0.4 is 9.64 Å². The highest BCUT2D eigenvalue weighted by Gasteiger charge is 2.28. The second-order valence-corrected chi connectivity index (χ2v) is 5.63. The average Bonchev–Trinajstić information content (AvgIpc) is 2.91. The molecule has 6 heteroatoms. The summed E-state index contributed by atoms with van der Waals surface area (Å²) in [5, 5.41) is 3.78. The second kappa shape index (κ2) is 5.28. The number of nitrogens with zero attached hydrogens (tertiary/aromatic N) is 2. The fraction of sp³-hybridized carbons (Fsp3) is 0.286. The van der Waals surface area contributed by atoms with Gasteiger partial charge in [0.1, 0.15) is 18.1 Å². The van der Waals surface area contributed by atoms with Crippen molar-refractivity contribution < 1.29 is 14.1 Å². The fourth-order valence-corrected chi connectivity index (χ4v) is 2.57. The van der Waals surface area contributed by atoms with Crippen LogP contribution in [0.4, 0.5) is 5.69 Å². The Morgan fingerprint density at radius 1 is 1.50 bits per heavy atom. The molecule has 2 aromatic rings. The third-order valence-electron chi connectivity index (χ3n) is 3.10. The van der Waals surface area contributed by atoms with Crippen molar-refractivity contribution in [1.82, 2.24) is 5.16 Å². The first-order valence-corrected chi connectivity index (χ1v) is 7.08. The maximum atomic E-state index is 12.5. The number of carbonyl (C=O) groups excluding carboxylic acids is 1. The Labute approximate surface area is 124 Å². The van der Waals surface area contributed by atoms with Crippen LogP contribution in [0.25, 0.3) is 0 Å². The molecule has 1 aromatic carbocycles. The molecule has 104 valence electrons. The first kappa shape index (κ1) is 13.2. The van der Waals surface area contributed by atoms with Crippen molar-refractivity contribution in [3.63, 3.8) is 0 Å². The van der Waals surface area contributed by atoms with Gasteiger partial charge in [0, 0.05) is 10.5 Å². The molecule has 0 saturated carbocycles. The van der Waals surface area contributed by atoms with Crippen molar-refractivity contribution >= 4 is 27.5 Å². The summed E-state index contributed by atoms with van der Waals surface area (Å²) < 4.78 is 11.4. The fourth-order valence-electron chi connectivity index (χ4n) is 2.23. The lowest BCUT2D eigenvalue weighted by Crippen LogP contribution is -2.43. The maximum Gasteiger partial charge on any atom is 0.233 e. The van der Waals surface area contributed by atoms with Crippen LogP contribution in [-0.4, -0.2) is 23.7 Å². The topological polar surface area (TPSA) is 55.6 Å². The van der Waals surface area contributed by atoms with Crippen molar-refractivity contribution in [1.29, 1.82) is 0 Å². The highest BCUT2D eigenvalue weighted by atomic mass is 79.9. The Morgan fingerprint density at radius 3 is 3.10 bits per heavy atom. The summed E-state index contributed by atoms with van der Waals surface area (Å²) in [7, 11) is 0. The summed E-state index contributed by atoms with van der Waals surface area (Å²) in [6, 6.07) is 7.36. The molecule has 3 rings (SSSR count). The number of aromatic nitrogens is 1. The highest BCUT2D eigenvalue weighted by Crippen LogP contribution is 2.36. The number of amides is 1. The van der Waals surface area contributed by atoms with Gasteiger partial charge in [0.05, 0.1) is 24.3 Å². The predicted molar refractivity (Wildman–Crippen MR) is 76.8 cm³/mol. The van der Waals surface area contributed by atoms with Crippen molar-refractivity contribution in [2.75, 3.05) is 11.4 Å². The number of anilines is 1. The molecule has 0 radical (unpaired) electrons. The predicted octanol–water partition coefficient (Wildman–Crippen LogP) is 2.79. The van der Waals surface area contributed by atoms with Gasteiger partial charge in [0.2, 0.25) is 5.91 Å². The molecule has 0 aliphatic carbocycles.